The Labute approximate surface area is 117 Å². The van der Waals surface area contributed by atoms with E-state index in [9.17, 15) is 8.42 Å². The minimum Gasteiger partial charge on any atom is -0.324 e. The summed E-state index contributed by atoms with van der Waals surface area (Å²) >= 11 is 5.90. The molecular formula is C12H14ClN3O2S. The number of hydrogen-bond acceptors (Lipinski definition) is 3. The lowest BCUT2D eigenvalue weighted by molar-refractivity contribution is 0.598. The third-order valence-electron chi connectivity index (χ3n) is 2.68. The molecular weight excluding hydrogens is 286 g/mol. The molecule has 5 nitrogen and oxygen atoms in total. The zero-order valence-corrected chi connectivity index (χ0v) is 12.2. The van der Waals surface area contributed by atoms with E-state index in [1.165, 1.54) is 10.9 Å². The summed E-state index contributed by atoms with van der Waals surface area (Å²) in [5.74, 6) is 0. The molecule has 0 atom stereocenters. The van der Waals surface area contributed by atoms with Crippen LogP contribution in [0.3, 0.4) is 0 Å². The summed E-state index contributed by atoms with van der Waals surface area (Å²) in [4.78, 5) is 3.81. The molecule has 0 aliphatic heterocycles. The maximum Gasteiger partial charge on any atom is 0.282 e. The van der Waals surface area contributed by atoms with Gasteiger partial charge in [-0.2, -0.15) is 8.42 Å². The predicted molar refractivity (Wildman–Crippen MR) is 74.8 cm³/mol. The number of imidazole rings is 1. The van der Waals surface area contributed by atoms with Gasteiger partial charge in [0.25, 0.3) is 10.0 Å². The van der Waals surface area contributed by atoms with Crippen molar-refractivity contribution in [1.82, 2.24) is 9.55 Å². The second kappa shape index (κ2) is 5.22. The maximum atomic E-state index is 12.2. The number of aromatic nitrogens is 2. The smallest absolute Gasteiger partial charge is 0.282 e. The van der Waals surface area contributed by atoms with Crippen molar-refractivity contribution < 1.29 is 8.42 Å². The Morgan fingerprint density at radius 3 is 2.74 bits per heavy atom. The molecule has 19 heavy (non-hydrogen) atoms. The summed E-state index contributed by atoms with van der Waals surface area (Å²) in [5, 5.41) is -0.0854. The Hall–Kier alpha value is -1.53. The van der Waals surface area contributed by atoms with Crippen molar-refractivity contribution in [2.24, 2.45) is 7.05 Å². The minimum absolute atomic E-state index is 0.0825. The number of benzene rings is 1. The second-order valence-corrected chi connectivity index (χ2v) is 6.07. The molecule has 0 saturated heterocycles. The van der Waals surface area contributed by atoms with Crippen LogP contribution in [0.2, 0.25) is 5.15 Å². The molecule has 0 amide bonds. The number of aryl methyl sites for hydroxylation is 2. The molecule has 2 rings (SSSR count). The number of halogens is 1. The number of sulfonamides is 1. The van der Waals surface area contributed by atoms with Crippen LogP contribution >= 0.6 is 11.6 Å². The fraction of sp³-hybridized carbons (Fsp3) is 0.250. The van der Waals surface area contributed by atoms with E-state index < -0.39 is 10.0 Å². The highest BCUT2D eigenvalue weighted by molar-refractivity contribution is 7.92. The first-order chi connectivity index (χ1) is 8.94. The van der Waals surface area contributed by atoms with Crippen LogP contribution < -0.4 is 4.72 Å². The van der Waals surface area contributed by atoms with Crippen LogP contribution in [0.4, 0.5) is 5.69 Å². The van der Waals surface area contributed by atoms with Gasteiger partial charge in [0.05, 0.1) is 6.33 Å². The quantitative estimate of drug-likeness (QED) is 0.943. The van der Waals surface area contributed by atoms with Gasteiger partial charge in [0, 0.05) is 12.7 Å². The van der Waals surface area contributed by atoms with Crippen LogP contribution in [0.25, 0.3) is 0 Å². The minimum atomic E-state index is -3.76. The van der Waals surface area contributed by atoms with E-state index in [1.807, 2.05) is 13.0 Å². The van der Waals surface area contributed by atoms with E-state index in [2.05, 4.69) is 9.71 Å². The Morgan fingerprint density at radius 2 is 2.16 bits per heavy atom. The predicted octanol–water partition coefficient (Wildman–Crippen LogP) is 2.44. The lowest BCUT2D eigenvalue weighted by Gasteiger charge is -2.07. The molecule has 0 saturated carbocycles. The second-order valence-electron chi connectivity index (χ2n) is 4.11. The molecule has 0 fully saturated rings. The highest BCUT2D eigenvalue weighted by Crippen LogP contribution is 2.22. The molecule has 1 aromatic carbocycles. The lowest BCUT2D eigenvalue weighted by Crippen LogP contribution is -2.14. The molecule has 0 bridgehead atoms. The largest absolute Gasteiger partial charge is 0.324 e. The van der Waals surface area contributed by atoms with Crippen LogP contribution in [0.15, 0.2) is 35.6 Å². The normalized spacial score (nSPS) is 11.5. The first-order valence-electron chi connectivity index (χ1n) is 5.72. The fourth-order valence-corrected chi connectivity index (χ4v) is 3.12. The zero-order valence-electron chi connectivity index (χ0n) is 10.6. The van der Waals surface area contributed by atoms with Crippen molar-refractivity contribution in [2.75, 3.05) is 4.72 Å². The molecule has 0 aliphatic carbocycles. The summed E-state index contributed by atoms with van der Waals surface area (Å²) in [6, 6.07) is 7.21. The molecule has 0 aliphatic rings. The highest BCUT2D eigenvalue weighted by Gasteiger charge is 2.22. The van der Waals surface area contributed by atoms with Crippen LogP contribution in [0, 0.1) is 0 Å². The van der Waals surface area contributed by atoms with Gasteiger partial charge in [-0.05, 0) is 24.1 Å². The summed E-state index contributed by atoms with van der Waals surface area (Å²) in [7, 11) is -2.13. The van der Waals surface area contributed by atoms with Crippen molar-refractivity contribution in [3.63, 3.8) is 0 Å². The molecule has 1 heterocycles. The Balaban J connectivity index is 2.33. The molecule has 7 heteroatoms. The zero-order chi connectivity index (χ0) is 14.0. The molecule has 0 unspecified atom stereocenters. The van der Waals surface area contributed by atoms with Gasteiger partial charge in [0.1, 0.15) is 5.15 Å². The first-order valence-corrected chi connectivity index (χ1v) is 7.58. The number of hydrogen-bond donors (Lipinski definition) is 1. The number of anilines is 1. The van der Waals surface area contributed by atoms with E-state index in [4.69, 9.17) is 11.6 Å². The third kappa shape index (κ3) is 2.90. The van der Waals surface area contributed by atoms with Gasteiger partial charge in [0.15, 0.2) is 0 Å². The van der Waals surface area contributed by atoms with Gasteiger partial charge in [-0.15, -0.1) is 0 Å². The van der Waals surface area contributed by atoms with Gasteiger partial charge in [0.2, 0.25) is 5.03 Å². The van der Waals surface area contributed by atoms with Crippen molar-refractivity contribution in [3.8, 4) is 0 Å². The van der Waals surface area contributed by atoms with Gasteiger partial charge < -0.3 is 4.57 Å². The topological polar surface area (TPSA) is 64.0 Å². The first kappa shape index (κ1) is 13.9. The lowest BCUT2D eigenvalue weighted by atomic mass is 10.1. The van der Waals surface area contributed by atoms with E-state index in [0.717, 1.165) is 12.0 Å². The monoisotopic (exact) mass is 299 g/mol. The summed E-state index contributed by atoms with van der Waals surface area (Å²) in [5.41, 5.74) is 1.55. The van der Waals surface area contributed by atoms with Crippen molar-refractivity contribution in [1.29, 1.82) is 0 Å². The maximum absolute atomic E-state index is 12.2. The van der Waals surface area contributed by atoms with Gasteiger partial charge >= 0.3 is 0 Å². The van der Waals surface area contributed by atoms with E-state index in [-0.39, 0.29) is 10.2 Å². The van der Waals surface area contributed by atoms with Crippen molar-refractivity contribution >= 4 is 27.3 Å². The van der Waals surface area contributed by atoms with Crippen LogP contribution in [-0.2, 0) is 23.5 Å². The summed E-state index contributed by atoms with van der Waals surface area (Å²) in [6.45, 7) is 2.00. The van der Waals surface area contributed by atoms with Crippen LogP contribution in [0.1, 0.15) is 12.5 Å². The van der Waals surface area contributed by atoms with Crippen molar-refractivity contribution in [3.05, 3.63) is 41.3 Å². The molecule has 1 N–H and O–H groups in total. The van der Waals surface area contributed by atoms with Crippen molar-refractivity contribution in [2.45, 2.75) is 18.4 Å². The third-order valence-corrected chi connectivity index (χ3v) is 4.55. The average molecular weight is 300 g/mol. The summed E-state index contributed by atoms with van der Waals surface area (Å²) < 4.78 is 28.2. The fourth-order valence-electron chi connectivity index (χ4n) is 1.63. The SMILES string of the molecule is CCc1cccc(NS(=O)(=O)c2ncn(C)c2Cl)c1. The molecule has 0 radical (unpaired) electrons. The molecule has 102 valence electrons. The van der Waals surface area contributed by atoms with Gasteiger partial charge in [-0.25, -0.2) is 4.98 Å². The summed E-state index contributed by atoms with van der Waals surface area (Å²) in [6.07, 6.45) is 2.19. The van der Waals surface area contributed by atoms with E-state index in [1.54, 1.807) is 25.2 Å². The highest BCUT2D eigenvalue weighted by atomic mass is 35.5. The standard InChI is InChI=1S/C12H14ClN3O2S/c1-3-9-5-4-6-10(7-9)15-19(17,18)12-11(13)16(2)8-14-12/h4-8,15H,3H2,1-2H3. The van der Waals surface area contributed by atoms with E-state index >= 15 is 0 Å². The molecule has 1 aromatic heterocycles. The number of nitrogens with zero attached hydrogens (tertiary/aromatic N) is 2. The van der Waals surface area contributed by atoms with E-state index in [0.29, 0.717) is 5.69 Å². The Bertz CT molecular complexity index is 695. The van der Waals surface area contributed by atoms with Gasteiger partial charge in [-0.3, -0.25) is 4.72 Å². The number of rotatable bonds is 4. The van der Waals surface area contributed by atoms with Gasteiger partial charge in [-0.1, -0.05) is 30.7 Å². The Morgan fingerprint density at radius 1 is 1.42 bits per heavy atom. The number of nitrogens with one attached hydrogen (secondary N) is 1. The van der Waals surface area contributed by atoms with Crippen LogP contribution in [0.5, 0.6) is 0 Å². The average Bonchev–Trinajstić information content (AvgIpc) is 2.70. The molecule has 2 aromatic rings. The van der Waals surface area contributed by atoms with Crippen LogP contribution in [-0.4, -0.2) is 18.0 Å². The Kier molecular flexibility index (Phi) is 3.82. The molecule has 0 spiro atoms.